The van der Waals surface area contributed by atoms with Crippen molar-refractivity contribution in [1.29, 1.82) is 0 Å². The van der Waals surface area contributed by atoms with Gasteiger partial charge in [-0.05, 0) is 126 Å². The van der Waals surface area contributed by atoms with Crippen molar-refractivity contribution in [3.63, 3.8) is 0 Å². The third-order valence-electron chi connectivity index (χ3n) is 17.2. The number of nitrogens with one attached hydrogen (secondary N) is 3. The lowest BCUT2D eigenvalue weighted by Gasteiger charge is -2.30. The lowest BCUT2D eigenvalue weighted by atomic mass is 10.0. The third kappa shape index (κ3) is 22.6. The Balaban J connectivity index is 0.000000206. The molecule has 9 heterocycles. The number of rotatable bonds is 19. The van der Waals surface area contributed by atoms with E-state index in [1.54, 1.807) is 64.5 Å². The van der Waals surface area contributed by atoms with Gasteiger partial charge in [0.2, 0.25) is 17.7 Å². The van der Waals surface area contributed by atoms with Crippen LogP contribution in [-0.2, 0) is 37.5 Å². The summed E-state index contributed by atoms with van der Waals surface area (Å²) in [5.74, 6) is -1.80. The molecule has 6 aromatic heterocycles. The summed E-state index contributed by atoms with van der Waals surface area (Å²) in [4.78, 5) is 70.0. The maximum atomic E-state index is 14.4. The van der Waals surface area contributed by atoms with E-state index >= 15 is 0 Å². The number of aliphatic hydroxyl groups excluding tert-OH is 1. The van der Waals surface area contributed by atoms with Crippen LogP contribution in [0.3, 0.4) is 0 Å². The Hall–Kier alpha value is -10.9. The second kappa shape index (κ2) is 37.9. The highest BCUT2D eigenvalue weighted by Crippen LogP contribution is 2.39. The normalized spacial score (nSPS) is 14.4. The van der Waals surface area contributed by atoms with Crippen molar-refractivity contribution < 1.29 is 91.8 Å². The summed E-state index contributed by atoms with van der Waals surface area (Å²) in [6, 6.07) is 23.2. The van der Waals surface area contributed by atoms with E-state index in [1.165, 1.54) is 61.2 Å². The number of methoxy groups -OCH3 is 1. The molecule has 2 atom stereocenters. The number of halogens is 10. The minimum atomic E-state index is -4.55. The van der Waals surface area contributed by atoms with E-state index in [4.69, 9.17) is 28.4 Å². The number of carbonyl (C=O) groups excluding carboxylic acids is 3. The first-order chi connectivity index (χ1) is 51.5. The van der Waals surface area contributed by atoms with Gasteiger partial charge in [0, 0.05) is 132 Å². The van der Waals surface area contributed by atoms with Gasteiger partial charge in [0.15, 0.2) is 0 Å². The lowest BCUT2D eigenvalue weighted by molar-refractivity contribution is -0.138. The van der Waals surface area contributed by atoms with Gasteiger partial charge in [0.05, 0.1) is 110 Å². The molecule has 0 radical (unpaired) electrons. The number of ether oxygens (including phenoxy) is 6. The summed E-state index contributed by atoms with van der Waals surface area (Å²) in [6.07, 6.45) is -5.45. The number of aromatic nitrogens is 6. The number of hydrogen-bond donors (Lipinski definition) is 4. The van der Waals surface area contributed by atoms with Crippen molar-refractivity contribution in [2.75, 3.05) is 130 Å². The highest BCUT2D eigenvalue weighted by Gasteiger charge is 2.34. The molecule has 0 aliphatic carbocycles. The van der Waals surface area contributed by atoms with Gasteiger partial charge >= 0.3 is 18.5 Å². The van der Waals surface area contributed by atoms with Gasteiger partial charge in [0.1, 0.15) is 24.6 Å². The third-order valence-corrected chi connectivity index (χ3v) is 17.2. The first kappa shape index (κ1) is 84.7. The van der Waals surface area contributed by atoms with Gasteiger partial charge in [-0.3, -0.25) is 29.3 Å². The van der Waals surface area contributed by atoms with Crippen LogP contribution in [0.2, 0.25) is 0 Å². The summed E-state index contributed by atoms with van der Waals surface area (Å²) >= 11 is 0. The molecule has 12 rings (SSSR count). The number of benzene rings is 3. The number of nitrogens with zero attached hydrogens (tertiary/aromatic N) is 9. The maximum absolute atomic E-state index is 14.4. The number of aliphatic hydroxyl groups is 1. The minimum Gasteiger partial charge on any atom is -0.473 e. The SMILES string of the molecule is C.C.CO[C@@H](C)COc1ncc(-c2cc(NC(=O)c3cccc(C(F)(F)F)c3)cnc2C)cc1N1CCOCC1.Cc1ncc(NC(=O)c2cccc(C(F)(F)F)c2)cc1-c1cnc(F)c(N2CCOCC2)c1.Cc1ncc(NC(=O)c2cccc(C(F)(F)F)c2)cc1-c1cnc(OC[C@H](C)O)c(N2CCOCC2)c1. The van der Waals surface area contributed by atoms with Crippen LogP contribution in [-0.4, -0.2) is 164 Å². The van der Waals surface area contributed by atoms with Crippen molar-refractivity contribution in [3.05, 3.63) is 203 Å². The van der Waals surface area contributed by atoms with Crippen LogP contribution in [0, 0.1) is 26.7 Å². The average molecular weight is 1540 g/mol. The quantitative estimate of drug-likeness (QED) is 0.0434. The van der Waals surface area contributed by atoms with Crippen LogP contribution in [0.25, 0.3) is 33.4 Å². The molecule has 0 saturated carbocycles. The molecule has 0 spiro atoms. The molecule has 9 aromatic rings. The molecule has 3 saturated heterocycles. The highest BCUT2D eigenvalue weighted by molar-refractivity contribution is 6.06. The van der Waals surface area contributed by atoms with E-state index in [0.717, 1.165) is 53.3 Å². The molecular formula is C78H84F10N12O10. The molecule has 586 valence electrons. The molecule has 22 nitrogen and oxygen atoms in total. The molecule has 3 aliphatic rings. The molecule has 110 heavy (non-hydrogen) atoms. The Labute approximate surface area is 629 Å². The fraction of sp³-hybridized carbons (Fsp3) is 0.346. The molecular weight excluding hydrogens is 1450 g/mol. The molecule has 3 aliphatic heterocycles. The summed E-state index contributed by atoms with van der Waals surface area (Å²) < 4.78 is 165. The summed E-state index contributed by atoms with van der Waals surface area (Å²) in [6.45, 7) is 16.3. The maximum Gasteiger partial charge on any atom is 0.416 e. The van der Waals surface area contributed by atoms with Crippen LogP contribution >= 0.6 is 0 Å². The van der Waals surface area contributed by atoms with Crippen molar-refractivity contribution >= 4 is 51.8 Å². The van der Waals surface area contributed by atoms with Crippen LogP contribution in [0.4, 0.5) is 78.0 Å². The average Bonchev–Trinajstić information content (AvgIpc) is 0.812. The molecule has 0 unspecified atom stereocenters. The summed E-state index contributed by atoms with van der Waals surface area (Å²) in [5.41, 5.74) is 5.82. The smallest absolute Gasteiger partial charge is 0.416 e. The highest BCUT2D eigenvalue weighted by atomic mass is 19.4. The number of anilines is 6. The largest absolute Gasteiger partial charge is 0.473 e. The molecule has 3 aromatic carbocycles. The number of aryl methyl sites for hydroxylation is 3. The minimum absolute atomic E-state index is 0. The van der Waals surface area contributed by atoms with E-state index in [-0.39, 0.29) is 49.9 Å². The van der Waals surface area contributed by atoms with Gasteiger partial charge in [-0.25, -0.2) is 15.0 Å². The molecule has 0 bridgehead atoms. The second-order valence-electron chi connectivity index (χ2n) is 25.1. The van der Waals surface area contributed by atoms with Crippen LogP contribution < -0.4 is 40.1 Å². The van der Waals surface area contributed by atoms with Gasteiger partial charge in [0.25, 0.3) is 17.7 Å². The predicted octanol–water partition coefficient (Wildman–Crippen LogP) is 15.3. The molecule has 3 fully saturated rings. The van der Waals surface area contributed by atoms with Crippen LogP contribution in [0.5, 0.6) is 11.8 Å². The second-order valence-corrected chi connectivity index (χ2v) is 25.1. The van der Waals surface area contributed by atoms with Gasteiger partial charge in [-0.15, -0.1) is 0 Å². The van der Waals surface area contributed by atoms with E-state index in [0.29, 0.717) is 159 Å². The fourth-order valence-corrected chi connectivity index (χ4v) is 11.3. The number of pyridine rings is 6. The number of carbonyl (C=O) groups is 3. The standard InChI is InChI=1S/C27H29F3N4O4.C26H27F3N4O4.C23H20F4N4O2.2CH4/c1-17(36-3)16-38-26-24(34-7-9-37-10-8-34)12-20(14-32-26)23-13-22(15-31-18(23)2)33-25(35)19-5-4-6-21(11-19)27(28,29)30;1-16(34)15-37-25-23(33-6-8-36-9-7-33)11-19(13-31-25)22-12-21(14-30-17(22)2)32-24(35)18-4-3-5-20(10-18)26(27,28)29;1-14-19(16-10-20(21(24)29-12-16)31-5-7-33-8-6-31)11-18(13-28-14)30-22(32)15-3-2-4-17(9-15)23(25,26)27;;/h4-6,11-15,17H,7-10,16H2,1-3H3,(H,33,35);3-5,10-14,16,34H,6-9,15H2,1-2H3,(H,32,35);2-4,9-13H,5-8H2,1H3,(H,30,32);2*1H4/t17-;16-;;;/m00.../s1. The number of morpholine rings is 3. The topological polar surface area (TPSA) is 250 Å². The molecule has 3 amide bonds. The van der Waals surface area contributed by atoms with Crippen LogP contribution in [0.1, 0.15) is 93.5 Å². The van der Waals surface area contributed by atoms with Gasteiger partial charge < -0.3 is 64.2 Å². The predicted molar refractivity (Wildman–Crippen MR) is 396 cm³/mol. The van der Waals surface area contributed by atoms with Crippen molar-refractivity contribution in [1.82, 2.24) is 29.9 Å². The zero-order chi connectivity index (χ0) is 77.5. The first-order valence-electron chi connectivity index (χ1n) is 34.0. The first-order valence-corrected chi connectivity index (χ1v) is 34.0. The number of hydrogen-bond acceptors (Lipinski definition) is 19. The Kier molecular flexibility index (Phi) is 29.2. The Morgan fingerprint density at radius 2 is 0.764 bits per heavy atom. The zero-order valence-electron chi connectivity index (χ0n) is 59.3. The van der Waals surface area contributed by atoms with E-state index in [9.17, 15) is 63.4 Å². The van der Waals surface area contributed by atoms with Crippen molar-refractivity contribution in [3.8, 4) is 45.1 Å². The van der Waals surface area contributed by atoms with Gasteiger partial charge in [-0.1, -0.05) is 33.1 Å². The fourth-order valence-electron chi connectivity index (χ4n) is 11.3. The van der Waals surface area contributed by atoms with E-state index in [2.05, 4.69) is 55.7 Å². The summed E-state index contributed by atoms with van der Waals surface area (Å²) in [7, 11) is 1.61. The monoisotopic (exact) mass is 1540 g/mol. The number of alkyl halides is 9. The van der Waals surface area contributed by atoms with Gasteiger partial charge in [-0.2, -0.15) is 43.9 Å². The van der Waals surface area contributed by atoms with E-state index in [1.807, 2.05) is 30.9 Å². The lowest BCUT2D eigenvalue weighted by Crippen LogP contribution is -2.36. The summed E-state index contributed by atoms with van der Waals surface area (Å²) in [5, 5.41) is 17.5. The van der Waals surface area contributed by atoms with Crippen molar-refractivity contribution in [2.24, 2.45) is 0 Å². The number of amides is 3. The van der Waals surface area contributed by atoms with Crippen LogP contribution in [0.15, 0.2) is 146 Å². The Morgan fingerprint density at radius 3 is 1.08 bits per heavy atom. The Bertz CT molecular complexity index is 4630. The van der Waals surface area contributed by atoms with E-state index < -0.39 is 65.0 Å². The molecule has 32 heteroatoms. The van der Waals surface area contributed by atoms with Crippen molar-refractivity contribution in [2.45, 2.75) is 80.2 Å². The zero-order valence-corrected chi connectivity index (χ0v) is 59.3. The Morgan fingerprint density at radius 1 is 0.455 bits per heavy atom. The molecule has 4 N–H and O–H groups in total.